The molecule has 8 nitrogen and oxygen atoms in total. The molecule has 1 fully saturated rings. The van der Waals surface area contributed by atoms with Crippen LogP contribution >= 0.6 is 11.3 Å². The van der Waals surface area contributed by atoms with Crippen molar-refractivity contribution in [2.45, 2.75) is 19.9 Å². The van der Waals surface area contributed by atoms with Crippen molar-refractivity contribution < 1.29 is 29.0 Å². The maximum absolute atomic E-state index is 13.2. The van der Waals surface area contributed by atoms with Crippen molar-refractivity contribution in [3.05, 3.63) is 81.9 Å². The minimum atomic E-state index is -0.952. The molecule has 4 rings (SSSR count). The van der Waals surface area contributed by atoms with E-state index in [9.17, 15) is 19.5 Å². The van der Waals surface area contributed by atoms with Gasteiger partial charge in [-0.05, 0) is 31.5 Å². The molecular weight excluding hydrogens is 456 g/mol. The Balaban J connectivity index is 1.90. The molecule has 0 bridgehead atoms. The summed E-state index contributed by atoms with van der Waals surface area (Å²) in [7, 11) is 1.26. The van der Waals surface area contributed by atoms with Crippen LogP contribution in [-0.4, -0.2) is 41.5 Å². The number of methoxy groups -OCH3 is 1. The molecule has 1 aliphatic heterocycles. The molecule has 1 aliphatic rings. The SMILES string of the molecule is CCOc1ccc([C@@H]2C(=C(O)c3ccccc3)C(=O)C(=O)N2c2nc(C)c(C(=O)OC)s2)cc1. The number of aryl methyl sites for hydroxylation is 1. The molecule has 2 heterocycles. The second-order valence-corrected chi connectivity index (χ2v) is 8.42. The van der Waals surface area contributed by atoms with Crippen LogP contribution in [0.2, 0.25) is 0 Å². The highest BCUT2D eigenvalue weighted by Gasteiger charge is 2.48. The molecule has 174 valence electrons. The Morgan fingerprint density at radius 3 is 2.41 bits per heavy atom. The minimum Gasteiger partial charge on any atom is -0.507 e. The largest absolute Gasteiger partial charge is 0.507 e. The van der Waals surface area contributed by atoms with Gasteiger partial charge in [0.2, 0.25) is 0 Å². The number of hydrogen-bond acceptors (Lipinski definition) is 8. The van der Waals surface area contributed by atoms with Gasteiger partial charge in [0.15, 0.2) is 5.13 Å². The van der Waals surface area contributed by atoms with Gasteiger partial charge in [0, 0.05) is 5.56 Å². The predicted molar refractivity (Wildman–Crippen MR) is 127 cm³/mol. The highest BCUT2D eigenvalue weighted by molar-refractivity contribution is 7.17. The zero-order valence-corrected chi connectivity index (χ0v) is 19.6. The van der Waals surface area contributed by atoms with E-state index in [2.05, 4.69) is 4.98 Å². The third-order valence-corrected chi connectivity index (χ3v) is 6.50. The van der Waals surface area contributed by atoms with E-state index >= 15 is 0 Å². The molecule has 1 saturated heterocycles. The van der Waals surface area contributed by atoms with E-state index in [4.69, 9.17) is 9.47 Å². The predicted octanol–water partition coefficient (Wildman–Crippen LogP) is 4.26. The molecule has 0 aliphatic carbocycles. The van der Waals surface area contributed by atoms with Crippen molar-refractivity contribution in [3.63, 3.8) is 0 Å². The zero-order valence-electron chi connectivity index (χ0n) is 18.8. The van der Waals surface area contributed by atoms with Gasteiger partial charge in [0.1, 0.15) is 16.4 Å². The third-order valence-electron chi connectivity index (χ3n) is 5.36. The Kier molecular flexibility index (Phi) is 6.47. The molecule has 0 radical (unpaired) electrons. The van der Waals surface area contributed by atoms with Crippen LogP contribution in [0.3, 0.4) is 0 Å². The molecule has 1 atom stereocenters. The van der Waals surface area contributed by atoms with E-state index in [-0.39, 0.29) is 21.3 Å². The van der Waals surface area contributed by atoms with E-state index in [0.29, 0.717) is 29.2 Å². The maximum Gasteiger partial charge on any atom is 0.350 e. The lowest BCUT2D eigenvalue weighted by atomic mass is 9.95. The number of esters is 1. The van der Waals surface area contributed by atoms with Crippen molar-refractivity contribution in [3.8, 4) is 5.75 Å². The Labute approximate surface area is 200 Å². The smallest absolute Gasteiger partial charge is 0.350 e. The maximum atomic E-state index is 13.2. The first-order valence-corrected chi connectivity index (χ1v) is 11.3. The molecule has 34 heavy (non-hydrogen) atoms. The summed E-state index contributed by atoms with van der Waals surface area (Å²) < 4.78 is 10.3. The number of carbonyl (C=O) groups is 3. The number of aliphatic hydroxyl groups excluding tert-OH is 1. The molecule has 0 saturated carbocycles. The number of benzene rings is 2. The van der Waals surface area contributed by atoms with E-state index in [0.717, 1.165) is 11.3 Å². The topological polar surface area (TPSA) is 106 Å². The number of aromatic nitrogens is 1. The van der Waals surface area contributed by atoms with Gasteiger partial charge < -0.3 is 14.6 Å². The van der Waals surface area contributed by atoms with Crippen LogP contribution in [0.1, 0.15) is 39.5 Å². The minimum absolute atomic E-state index is 0.0622. The second kappa shape index (κ2) is 9.48. The third kappa shape index (κ3) is 4.06. The summed E-state index contributed by atoms with van der Waals surface area (Å²) in [5.41, 5.74) is 1.30. The van der Waals surface area contributed by atoms with E-state index < -0.39 is 23.7 Å². The molecule has 1 aromatic heterocycles. The summed E-state index contributed by atoms with van der Waals surface area (Å²) >= 11 is 0.953. The fraction of sp³-hybridized carbons (Fsp3) is 0.200. The lowest BCUT2D eigenvalue weighted by Gasteiger charge is -2.23. The Hall–Kier alpha value is -3.98. The van der Waals surface area contributed by atoms with Gasteiger partial charge in [-0.3, -0.25) is 14.5 Å². The summed E-state index contributed by atoms with van der Waals surface area (Å²) in [6.45, 7) is 3.98. The number of carbonyl (C=O) groups excluding carboxylic acids is 3. The summed E-state index contributed by atoms with van der Waals surface area (Å²) in [6.07, 6.45) is 0. The van der Waals surface area contributed by atoms with Crippen LogP contribution in [-0.2, 0) is 14.3 Å². The molecular formula is C25H22N2O6S. The number of amides is 1. The lowest BCUT2D eigenvalue weighted by molar-refractivity contribution is -0.132. The number of aliphatic hydroxyl groups is 1. The van der Waals surface area contributed by atoms with Crippen molar-refractivity contribution in [2.75, 3.05) is 18.6 Å². The molecule has 1 N–H and O–H groups in total. The van der Waals surface area contributed by atoms with Gasteiger partial charge in [0.05, 0.1) is 31.0 Å². The Morgan fingerprint density at radius 2 is 1.79 bits per heavy atom. The standard InChI is InChI=1S/C25H22N2O6S/c1-4-33-17-12-10-15(11-13-17)19-18(20(28)16-8-6-5-7-9-16)21(29)23(30)27(19)25-26-14(2)22(34-25)24(31)32-3/h5-13,19,28H,4H2,1-3H3/t19-/m1/s1. The first kappa shape index (κ1) is 23.2. The second-order valence-electron chi connectivity index (χ2n) is 7.44. The molecule has 2 aromatic carbocycles. The Morgan fingerprint density at radius 1 is 1.12 bits per heavy atom. The first-order valence-electron chi connectivity index (χ1n) is 10.5. The average Bonchev–Trinajstić information content (AvgIpc) is 3.36. The van der Waals surface area contributed by atoms with Gasteiger partial charge in [0.25, 0.3) is 5.78 Å². The number of rotatable bonds is 6. The van der Waals surface area contributed by atoms with Crippen LogP contribution in [0, 0.1) is 6.92 Å². The highest BCUT2D eigenvalue weighted by Crippen LogP contribution is 2.44. The molecule has 0 spiro atoms. The first-order chi connectivity index (χ1) is 16.4. The van der Waals surface area contributed by atoms with Crippen molar-refractivity contribution >= 4 is 39.9 Å². The lowest BCUT2D eigenvalue weighted by Crippen LogP contribution is -2.29. The summed E-state index contributed by atoms with van der Waals surface area (Å²) in [5.74, 6) is -1.93. The fourth-order valence-electron chi connectivity index (χ4n) is 3.78. The zero-order chi connectivity index (χ0) is 24.4. The van der Waals surface area contributed by atoms with E-state index in [1.165, 1.54) is 12.0 Å². The summed E-state index contributed by atoms with van der Waals surface area (Å²) in [4.78, 5) is 44.4. The van der Waals surface area contributed by atoms with Crippen molar-refractivity contribution in [1.82, 2.24) is 4.98 Å². The fourth-order valence-corrected chi connectivity index (χ4v) is 4.79. The number of thiazole rings is 1. The molecule has 1 amide bonds. The number of hydrogen-bond donors (Lipinski definition) is 1. The van der Waals surface area contributed by atoms with Gasteiger partial charge in [-0.1, -0.05) is 53.8 Å². The van der Waals surface area contributed by atoms with Crippen molar-refractivity contribution in [1.29, 1.82) is 0 Å². The summed E-state index contributed by atoms with van der Waals surface area (Å²) in [5, 5.41) is 11.3. The van der Waals surface area contributed by atoms with Crippen LogP contribution < -0.4 is 9.64 Å². The van der Waals surface area contributed by atoms with E-state index in [1.807, 2.05) is 6.92 Å². The Bertz CT molecular complexity index is 1280. The van der Waals surface area contributed by atoms with Gasteiger partial charge >= 0.3 is 11.9 Å². The summed E-state index contributed by atoms with van der Waals surface area (Å²) in [6, 6.07) is 14.5. The number of ketones is 1. The quantitative estimate of drug-likeness (QED) is 0.244. The van der Waals surface area contributed by atoms with Crippen LogP contribution in [0.5, 0.6) is 5.75 Å². The average molecular weight is 479 g/mol. The monoisotopic (exact) mass is 478 g/mol. The van der Waals surface area contributed by atoms with Gasteiger partial charge in [-0.15, -0.1) is 0 Å². The number of nitrogens with zero attached hydrogens (tertiary/aromatic N) is 2. The normalized spacial score (nSPS) is 17.1. The van der Waals surface area contributed by atoms with Gasteiger partial charge in [-0.25, -0.2) is 9.78 Å². The van der Waals surface area contributed by atoms with Crippen LogP contribution in [0.4, 0.5) is 5.13 Å². The molecule has 9 heteroatoms. The van der Waals surface area contributed by atoms with Gasteiger partial charge in [-0.2, -0.15) is 0 Å². The van der Waals surface area contributed by atoms with Crippen molar-refractivity contribution in [2.24, 2.45) is 0 Å². The molecule has 3 aromatic rings. The van der Waals surface area contributed by atoms with Crippen LogP contribution in [0.25, 0.3) is 5.76 Å². The molecule has 0 unspecified atom stereocenters. The highest BCUT2D eigenvalue weighted by atomic mass is 32.1. The van der Waals surface area contributed by atoms with Crippen LogP contribution in [0.15, 0.2) is 60.2 Å². The number of Topliss-reactive ketones (excluding diaryl/α,β-unsaturated/α-hetero) is 1. The number of anilines is 1. The van der Waals surface area contributed by atoms with E-state index in [1.54, 1.807) is 61.5 Å². The number of ether oxygens (including phenoxy) is 2.